The van der Waals surface area contributed by atoms with Crippen LogP contribution in [0.15, 0.2) is 0 Å². The Hall–Kier alpha value is 0. The molecule has 0 aromatic rings. The van der Waals surface area contributed by atoms with Crippen molar-refractivity contribution in [3.05, 3.63) is 0 Å². The van der Waals surface area contributed by atoms with Crippen LogP contribution in [-0.4, -0.2) is 0 Å². The van der Waals surface area contributed by atoms with Crippen molar-refractivity contribution in [1.82, 2.24) is 0 Å². The van der Waals surface area contributed by atoms with E-state index in [9.17, 15) is 0 Å². The van der Waals surface area contributed by atoms with Crippen LogP contribution < -0.4 is 0 Å². The van der Waals surface area contributed by atoms with E-state index in [1.54, 1.807) is 0 Å². The van der Waals surface area contributed by atoms with Gasteiger partial charge in [-0.25, -0.2) is 0 Å². The predicted octanol–water partition coefficient (Wildman–Crippen LogP) is 7.86. The molecular formula is C21H44. The van der Waals surface area contributed by atoms with Crippen LogP contribution in [0, 0.1) is 23.7 Å². The molecule has 0 radical (unpaired) electrons. The van der Waals surface area contributed by atoms with E-state index in [-0.39, 0.29) is 0 Å². The van der Waals surface area contributed by atoms with E-state index in [2.05, 4.69) is 41.5 Å². The number of hydrogen-bond donors (Lipinski definition) is 0. The lowest BCUT2D eigenvalue weighted by Crippen LogP contribution is -2.02. The van der Waals surface area contributed by atoms with Gasteiger partial charge in [0.05, 0.1) is 0 Å². The average Bonchev–Trinajstić information content (AvgIpc) is 2.43. The van der Waals surface area contributed by atoms with Crippen molar-refractivity contribution < 1.29 is 0 Å². The van der Waals surface area contributed by atoms with Gasteiger partial charge < -0.3 is 0 Å². The Morgan fingerprint density at radius 2 is 0.905 bits per heavy atom. The smallest absolute Gasteiger partial charge is 0.0420 e. The van der Waals surface area contributed by atoms with Gasteiger partial charge in [-0.1, -0.05) is 112 Å². The molecular weight excluding hydrogens is 252 g/mol. The lowest BCUT2D eigenvalue weighted by Gasteiger charge is -2.16. The SMILES string of the molecule is CCC(CC)CCCC(C)CCCC(C)CCCC(C)C. The Bertz CT molecular complexity index is 202. The standard InChI is InChI=1S/C21H44/c1-7-21(8-2)17-11-16-20(6)15-10-14-19(5)13-9-12-18(3)4/h18-21H,7-17H2,1-6H3. The summed E-state index contributed by atoms with van der Waals surface area (Å²) in [4.78, 5) is 0. The van der Waals surface area contributed by atoms with E-state index < -0.39 is 0 Å². The van der Waals surface area contributed by atoms with Gasteiger partial charge in [-0.3, -0.25) is 0 Å². The van der Waals surface area contributed by atoms with Crippen LogP contribution in [0.2, 0.25) is 0 Å². The van der Waals surface area contributed by atoms with Gasteiger partial charge in [0.25, 0.3) is 0 Å². The van der Waals surface area contributed by atoms with Gasteiger partial charge in [0.1, 0.15) is 0 Å². The van der Waals surface area contributed by atoms with Crippen LogP contribution >= 0.6 is 0 Å². The average molecular weight is 297 g/mol. The molecule has 0 N–H and O–H groups in total. The minimum atomic E-state index is 0.882. The first-order valence-corrected chi connectivity index (χ1v) is 9.99. The highest BCUT2D eigenvalue weighted by Crippen LogP contribution is 2.23. The molecule has 0 amide bonds. The molecule has 0 heterocycles. The molecule has 2 atom stereocenters. The zero-order chi connectivity index (χ0) is 16.1. The summed E-state index contributed by atoms with van der Waals surface area (Å²) >= 11 is 0. The Morgan fingerprint density at radius 3 is 1.29 bits per heavy atom. The van der Waals surface area contributed by atoms with Crippen LogP contribution in [0.5, 0.6) is 0 Å². The first-order chi connectivity index (χ1) is 9.99. The Morgan fingerprint density at radius 1 is 0.524 bits per heavy atom. The molecule has 0 heteroatoms. The molecule has 0 aromatic heterocycles. The zero-order valence-electron chi connectivity index (χ0n) is 16.1. The lowest BCUT2D eigenvalue weighted by atomic mass is 9.90. The molecule has 0 rings (SSSR count). The van der Waals surface area contributed by atoms with Crippen molar-refractivity contribution in [2.24, 2.45) is 23.7 Å². The molecule has 0 saturated carbocycles. The summed E-state index contributed by atoms with van der Waals surface area (Å²) in [5, 5.41) is 0. The fraction of sp³-hybridized carbons (Fsp3) is 1.00. The highest BCUT2D eigenvalue weighted by atomic mass is 14.1. The number of hydrogen-bond acceptors (Lipinski definition) is 0. The maximum Gasteiger partial charge on any atom is -0.0420 e. The van der Waals surface area contributed by atoms with Gasteiger partial charge in [-0.15, -0.1) is 0 Å². The van der Waals surface area contributed by atoms with E-state index in [0.717, 1.165) is 23.7 Å². The van der Waals surface area contributed by atoms with Gasteiger partial charge in [0.15, 0.2) is 0 Å². The second-order valence-electron chi connectivity index (χ2n) is 8.08. The van der Waals surface area contributed by atoms with Crippen LogP contribution in [0.3, 0.4) is 0 Å². The molecule has 0 aliphatic carbocycles. The topological polar surface area (TPSA) is 0 Å². The summed E-state index contributed by atoms with van der Waals surface area (Å²) in [5.41, 5.74) is 0. The maximum atomic E-state index is 2.47. The largest absolute Gasteiger partial charge is 0.0651 e. The van der Waals surface area contributed by atoms with Crippen molar-refractivity contribution in [2.45, 2.75) is 112 Å². The predicted molar refractivity (Wildman–Crippen MR) is 98.8 cm³/mol. The first kappa shape index (κ1) is 21.0. The summed E-state index contributed by atoms with van der Waals surface area (Å²) in [6, 6.07) is 0. The Labute approximate surface area is 136 Å². The minimum absolute atomic E-state index is 0.882. The fourth-order valence-corrected chi connectivity index (χ4v) is 3.43. The summed E-state index contributed by atoms with van der Waals surface area (Å²) in [5.74, 6) is 3.76. The molecule has 2 unspecified atom stereocenters. The van der Waals surface area contributed by atoms with E-state index in [4.69, 9.17) is 0 Å². The minimum Gasteiger partial charge on any atom is -0.0651 e. The summed E-state index contributed by atoms with van der Waals surface area (Å²) in [6.07, 6.45) is 15.8. The monoisotopic (exact) mass is 296 g/mol. The van der Waals surface area contributed by atoms with Crippen molar-refractivity contribution in [3.63, 3.8) is 0 Å². The molecule has 128 valence electrons. The highest BCUT2D eigenvalue weighted by Gasteiger charge is 2.08. The van der Waals surface area contributed by atoms with E-state index in [0.29, 0.717) is 0 Å². The third-order valence-electron chi connectivity index (χ3n) is 5.34. The van der Waals surface area contributed by atoms with E-state index in [1.807, 2.05) is 0 Å². The second kappa shape index (κ2) is 13.6. The van der Waals surface area contributed by atoms with Crippen molar-refractivity contribution >= 4 is 0 Å². The molecule has 0 bridgehead atoms. The van der Waals surface area contributed by atoms with E-state index >= 15 is 0 Å². The van der Waals surface area contributed by atoms with Crippen molar-refractivity contribution in [3.8, 4) is 0 Å². The number of rotatable bonds is 14. The van der Waals surface area contributed by atoms with Crippen LogP contribution in [0.1, 0.15) is 112 Å². The first-order valence-electron chi connectivity index (χ1n) is 9.99. The molecule has 0 nitrogen and oxygen atoms in total. The molecule has 0 aliphatic rings. The summed E-state index contributed by atoms with van der Waals surface area (Å²) in [7, 11) is 0. The molecule has 0 aromatic carbocycles. The molecule has 21 heavy (non-hydrogen) atoms. The van der Waals surface area contributed by atoms with Gasteiger partial charge >= 0.3 is 0 Å². The van der Waals surface area contributed by atoms with Crippen LogP contribution in [-0.2, 0) is 0 Å². The van der Waals surface area contributed by atoms with Crippen LogP contribution in [0.4, 0.5) is 0 Å². The van der Waals surface area contributed by atoms with Crippen molar-refractivity contribution in [1.29, 1.82) is 0 Å². The van der Waals surface area contributed by atoms with E-state index in [1.165, 1.54) is 70.6 Å². The van der Waals surface area contributed by atoms with Gasteiger partial charge in [-0.05, 0) is 23.7 Å². The molecule has 0 saturated heterocycles. The van der Waals surface area contributed by atoms with Crippen molar-refractivity contribution in [2.75, 3.05) is 0 Å². The maximum absolute atomic E-state index is 2.47. The van der Waals surface area contributed by atoms with Gasteiger partial charge in [0.2, 0.25) is 0 Å². The van der Waals surface area contributed by atoms with Crippen LogP contribution in [0.25, 0.3) is 0 Å². The normalized spacial score (nSPS) is 14.9. The Kier molecular flexibility index (Phi) is 13.6. The zero-order valence-corrected chi connectivity index (χ0v) is 16.1. The molecule has 0 aliphatic heterocycles. The summed E-state index contributed by atoms with van der Waals surface area (Å²) in [6.45, 7) is 14.3. The quantitative estimate of drug-likeness (QED) is 0.306. The highest BCUT2D eigenvalue weighted by molar-refractivity contribution is 4.61. The van der Waals surface area contributed by atoms with Gasteiger partial charge in [-0.2, -0.15) is 0 Å². The second-order valence-corrected chi connectivity index (χ2v) is 8.08. The Balaban J connectivity index is 3.49. The lowest BCUT2D eigenvalue weighted by molar-refractivity contribution is 0.367. The third-order valence-corrected chi connectivity index (χ3v) is 5.34. The van der Waals surface area contributed by atoms with Gasteiger partial charge in [0, 0.05) is 0 Å². The molecule has 0 spiro atoms. The third kappa shape index (κ3) is 13.4. The molecule has 0 fully saturated rings. The fourth-order valence-electron chi connectivity index (χ4n) is 3.43. The summed E-state index contributed by atoms with van der Waals surface area (Å²) < 4.78 is 0.